The van der Waals surface area contributed by atoms with Gasteiger partial charge >= 0.3 is 0 Å². The number of hydrogen-bond acceptors (Lipinski definition) is 4. The Labute approximate surface area is 137 Å². The van der Waals surface area contributed by atoms with Crippen LogP contribution in [0.15, 0.2) is 44.3 Å². The molecule has 1 N–H and O–H groups in total. The fourth-order valence-electron chi connectivity index (χ4n) is 1.75. The van der Waals surface area contributed by atoms with Crippen LogP contribution in [0.25, 0.3) is 0 Å². The molecule has 6 heteroatoms. The molecule has 1 aromatic heterocycles. The van der Waals surface area contributed by atoms with Crippen molar-refractivity contribution in [1.82, 2.24) is 5.43 Å². The lowest BCUT2D eigenvalue weighted by atomic mass is 10.2. The number of rotatable bonds is 6. The van der Waals surface area contributed by atoms with Crippen molar-refractivity contribution in [3.05, 3.63) is 51.9 Å². The number of furan rings is 1. The van der Waals surface area contributed by atoms with Gasteiger partial charge in [0, 0.05) is 0 Å². The summed E-state index contributed by atoms with van der Waals surface area (Å²) in [5, 5.41) is 3.81. The quantitative estimate of drug-likeness (QED) is 0.630. The number of hydrazone groups is 1. The Hall–Kier alpha value is -2.08. The molecule has 1 amide bonds. The fraction of sp³-hybridized carbons (Fsp3) is 0.250. The van der Waals surface area contributed by atoms with E-state index >= 15 is 0 Å². The molecule has 0 atom stereocenters. The summed E-state index contributed by atoms with van der Waals surface area (Å²) >= 11 is 3.42. The molecular weight excluding hydrogens is 348 g/mol. The molecule has 0 spiro atoms. The predicted octanol–water partition coefficient (Wildman–Crippen LogP) is 3.44. The van der Waals surface area contributed by atoms with Gasteiger partial charge in [-0.3, -0.25) is 4.79 Å². The monoisotopic (exact) mass is 364 g/mol. The Kier molecular flexibility index (Phi) is 5.77. The highest BCUT2D eigenvalue weighted by Crippen LogP contribution is 2.26. The van der Waals surface area contributed by atoms with Gasteiger partial charge in [0.05, 0.1) is 10.7 Å². The van der Waals surface area contributed by atoms with E-state index in [4.69, 9.17) is 9.15 Å². The number of aryl methyl sites for hydroxylation is 2. The minimum atomic E-state index is -0.342. The molecular formula is C16H17BrN2O3. The Balaban J connectivity index is 1.81. The molecule has 0 saturated carbocycles. The Morgan fingerprint density at radius 2 is 2.23 bits per heavy atom. The smallest absolute Gasteiger partial charge is 0.277 e. The number of hydrogen-bond donors (Lipinski definition) is 1. The fourth-order valence-corrected chi connectivity index (χ4v) is 2.29. The molecule has 22 heavy (non-hydrogen) atoms. The van der Waals surface area contributed by atoms with Gasteiger partial charge in [0.2, 0.25) is 0 Å². The van der Waals surface area contributed by atoms with Crippen LogP contribution in [0.2, 0.25) is 0 Å². The maximum atomic E-state index is 11.7. The summed E-state index contributed by atoms with van der Waals surface area (Å²) in [6, 6.07) is 9.38. The number of benzene rings is 1. The van der Waals surface area contributed by atoms with E-state index in [1.54, 1.807) is 6.07 Å². The first-order valence-corrected chi connectivity index (χ1v) is 7.67. The predicted molar refractivity (Wildman–Crippen MR) is 88.2 cm³/mol. The van der Waals surface area contributed by atoms with E-state index in [2.05, 4.69) is 33.4 Å². The Bertz CT molecular complexity index is 680. The van der Waals surface area contributed by atoms with E-state index in [1.165, 1.54) is 11.8 Å². The lowest BCUT2D eigenvalue weighted by Crippen LogP contribution is -2.24. The Morgan fingerprint density at radius 3 is 2.86 bits per heavy atom. The van der Waals surface area contributed by atoms with Gasteiger partial charge in [-0.25, -0.2) is 5.43 Å². The second-order valence-electron chi connectivity index (χ2n) is 4.65. The van der Waals surface area contributed by atoms with E-state index < -0.39 is 0 Å². The van der Waals surface area contributed by atoms with Crippen molar-refractivity contribution in [1.29, 1.82) is 0 Å². The van der Waals surface area contributed by atoms with Crippen molar-refractivity contribution in [2.75, 3.05) is 6.61 Å². The lowest BCUT2D eigenvalue weighted by molar-refractivity contribution is -0.123. The van der Waals surface area contributed by atoms with Gasteiger partial charge in [-0.15, -0.1) is 0 Å². The second kappa shape index (κ2) is 7.79. The van der Waals surface area contributed by atoms with Crippen molar-refractivity contribution >= 4 is 28.1 Å². The first-order valence-electron chi connectivity index (χ1n) is 6.88. The number of carbonyl (C=O) groups is 1. The third kappa shape index (κ3) is 4.73. The topological polar surface area (TPSA) is 63.8 Å². The molecule has 1 heterocycles. The molecule has 0 unspecified atom stereocenters. The van der Waals surface area contributed by atoms with Crippen molar-refractivity contribution in [3.8, 4) is 5.75 Å². The third-order valence-corrected chi connectivity index (χ3v) is 3.53. The second-order valence-corrected chi connectivity index (χ2v) is 5.50. The zero-order valence-electron chi connectivity index (χ0n) is 12.4. The van der Waals surface area contributed by atoms with Gasteiger partial charge in [-0.2, -0.15) is 5.10 Å². The van der Waals surface area contributed by atoms with Gasteiger partial charge in [0.1, 0.15) is 17.3 Å². The maximum Gasteiger partial charge on any atom is 0.277 e. The van der Waals surface area contributed by atoms with Gasteiger partial charge < -0.3 is 9.15 Å². The van der Waals surface area contributed by atoms with E-state index in [0.29, 0.717) is 11.5 Å². The van der Waals surface area contributed by atoms with Gasteiger partial charge in [0.15, 0.2) is 6.61 Å². The van der Waals surface area contributed by atoms with Crippen molar-refractivity contribution in [3.63, 3.8) is 0 Å². The molecule has 0 saturated heterocycles. The summed E-state index contributed by atoms with van der Waals surface area (Å²) in [5.41, 5.74) is 3.58. The Morgan fingerprint density at radius 1 is 1.41 bits per heavy atom. The average Bonchev–Trinajstić information content (AvgIpc) is 2.91. The summed E-state index contributed by atoms with van der Waals surface area (Å²) in [4.78, 5) is 11.7. The number of halogens is 1. The maximum absolute atomic E-state index is 11.7. The largest absolute Gasteiger partial charge is 0.483 e. The highest BCUT2D eigenvalue weighted by atomic mass is 79.9. The van der Waals surface area contributed by atoms with Crippen molar-refractivity contribution in [2.45, 2.75) is 20.3 Å². The SMILES string of the molecule is CCc1ccc(OCC(=O)N/N=C/c2ccc(C)o2)c(Br)c1. The zero-order valence-corrected chi connectivity index (χ0v) is 14.0. The molecule has 1 aromatic carbocycles. The first kappa shape index (κ1) is 16.3. The highest BCUT2D eigenvalue weighted by molar-refractivity contribution is 9.10. The number of nitrogens with zero attached hydrogens (tertiary/aromatic N) is 1. The van der Waals surface area contributed by atoms with E-state index in [0.717, 1.165) is 16.7 Å². The normalized spacial score (nSPS) is 10.9. The lowest BCUT2D eigenvalue weighted by Gasteiger charge is -2.08. The standard InChI is InChI=1S/C16H17BrN2O3/c1-3-12-5-7-15(14(17)8-12)21-10-16(20)19-18-9-13-6-4-11(2)22-13/h4-9H,3,10H2,1-2H3,(H,19,20)/b18-9+. The van der Waals surface area contributed by atoms with Crippen LogP contribution in [-0.4, -0.2) is 18.7 Å². The van der Waals surface area contributed by atoms with Crippen LogP contribution in [-0.2, 0) is 11.2 Å². The van der Waals surface area contributed by atoms with Gasteiger partial charge in [0.25, 0.3) is 5.91 Å². The summed E-state index contributed by atoms with van der Waals surface area (Å²) in [7, 11) is 0. The third-order valence-electron chi connectivity index (χ3n) is 2.91. The molecule has 116 valence electrons. The summed E-state index contributed by atoms with van der Waals surface area (Å²) in [5.74, 6) is 1.65. The number of ether oxygens (including phenoxy) is 1. The van der Waals surface area contributed by atoms with Gasteiger partial charge in [-0.05, 0) is 59.1 Å². The number of amides is 1. The van der Waals surface area contributed by atoms with Crippen LogP contribution in [0.4, 0.5) is 0 Å². The van der Waals surface area contributed by atoms with E-state index in [9.17, 15) is 4.79 Å². The van der Waals surface area contributed by atoms with Crippen LogP contribution < -0.4 is 10.2 Å². The van der Waals surface area contributed by atoms with Gasteiger partial charge in [-0.1, -0.05) is 13.0 Å². The number of carbonyl (C=O) groups excluding carboxylic acids is 1. The van der Waals surface area contributed by atoms with Crippen LogP contribution in [0.3, 0.4) is 0 Å². The first-order chi connectivity index (χ1) is 10.6. The summed E-state index contributed by atoms with van der Waals surface area (Å²) < 4.78 is 11.6. The molecule has 2 rings (SSSR count). The highest BCUT2D eigenvalue weighted by Gasteiger charge is 2.05. The molecule has 0 aliphatic carbocycles. The van der Waals surface area contributed by atoms with Crippen molar-refractivity contribution in [2.24, 2.45) is 5.10 Å². The van der Waals surface area contributed by atoms with Crippen LogP contribution in [0, 0.1) is 6.92 Å². The molecule has 0 radical (unpaired) electrons. The van der Waals surface area contributed by atoms with Crippen LogP contribution in [0.1, 0.15) is 24.0 Å². The van der Waals surface area contributed by atoms with Crippen LogP contribution in [0.5, 0.6) is 5.75 Å². The summed E-state index contributed by atoms with van der Waals surface area (Å²) in [6.45, 7) is 3.80. The molecule has 0 fully saturated rings. The number of nitrogens with one attached hydrogen (secondary N) is 1. The molecule has 0 aliphatic heterocycles. The van der Waals surface area contributed by atoms with Crippen molar-refractivity contribution < 1.29 is 13.9 Å². The molecule has 5 nitrogen and oxygen atoms in total. The summed E-state index contributed by atoms with van der Waals surface area (Å²) in [6.07, 6.45) is 2.39. The average molecular weight is 365 g/mol. The minimum Gasteiger partial charge on any atom is -0.483 e. The molecule has 2 aromatic rings. The van der Waals surface area contributed by atoms with Crippen LogP contribution >= 0.6 is 15.9 Å². The van der Waals surface area contributed by atoms with E-state index in [1.807, 2.05) is 31.2 Å². The van der Waals surface area contributed by atoms with E-state index in [-0.39, 0.29) is 12.5 Å². The minimum absolute atomic E-state index is 0.113. The zero-order chi connectivity index (χ0) is 15.9. The molecule has 0 aliphatic rings. The molecule has 0 bridgehead atoms.